The first kappa shape index (κ1) is 20.8. The van der Waals surface area contributed by atoms with E-state index in [2.05, 4.69) is 15.8 Å². The van der Waals surface area contributed by atoms with Crippen molar-refractivity contribution in [1.82, 2.24) is 5.43 Å². The second-order valence-electron chi connectivity index (χ2n) is 6.40. The number of aryl methyl sites for hydroxylation is 2. The number of hydrogen-bond acceptors (Lipinski definition) is 5. The molecular weight excluding hydrogens is 360 g/mol. The molecule has 0 atom stereocenters. The maximum Gasteiger partial charge on any atom is 0.269 e. The van der Waals surface area contributed by atoms with Crippen LogP contribution in [0.4, 0.5) is 11.4 Å². The first-order valence-electron chi connectivity index (χ1n) is 8.71. The molecule has 0 aliphatic rings. The number of nitro groups is 1. The van der Waals surface area contributed by atoms with Crippen molar-refractivity contribution in [2.45, 2.75) is 33.6 Å². The summed E-state index contributed by atoms with van der Waals surface area (Å²) >= 11 is 0. The molecular formula is C20H22N4O4. The van der Waals surface area contributed by atoms with Gasteiger partial charge in [0.05, 0.1) is 10.6 Å². The van der Waals surface area contributed by atoms with Crippen LogP contribution in [-0.4, -0.2) is 22.4 Å². The molecule has 8 nitrogen and oxygen atoms in total. The Kier molecular flexibility index (Phi) is 6.97. The summed E-state index contributed by atoms with van der Waals surface area (Å²) in [5.74, 6) is -0.643. The minimum Gasteiger partial charge on any atom is -0.326 e. The lowest BCUT2D eigenvalue weighted by molar-refractivity contribution is -0.384. The topological polar surface area (TPSA) is 114 Å². The van der Waals surface area contributed by atoms with Crippen LogP contribution >= 0.6 is 0 Å². The monoisotopic (exact) mass is 382 g/mol. The summed E-state index contributed by atoms with van der Waals surface area (Å²) in [5.41, 5.74) is 6.32. The van der Waals surface area contributed by atoms with Crippen LogP contribution in [0.15, 0.2) is 47.6 Å². The highest BCUT2D eigenvalue weighted by Gasteiger charge is 2.09. The van der Waals surface area contributed by atoms with Crippen LogP contribution in [0.1, 0.15) is 36.5 Å². The number of carbonyl (C=O) groups excluding carboxylic acids is 2. The van der Waals surface area contributed by atoms with Gasteiger partial charge in [0, 0.05) is 30.7 Å². The first-order chi connectivity index (χ1) is 13.3. The lowest BCUT2D eigenvalue weighted by atomic mass is 10.1. The highest BCUT2D eigenvalue weighted by Crippen LogP contribution is 2.16. The minimum absolute atomic E-state index is 0.00617. The van der Waals surface area contributed by atoms with Gasteiger partial charge in [0.25, 0.3) is 5.69 Å². The molecule has 2 rings (SSSR count). The average Bonchev–Trinajstić information content (AvgIpc) is 2.66. The lowest BCUT2D eigenvalue weighted by Crippen LogP contribution is -2.22. The number of hydrogen-bond donors (Lipinski definition) is 2. The van der Waals surface area contributed by atoms with Crippen LogP contribution in [0.25, 0.3) is 0 Å². The van der Waals surface area contributed by atoms with Gasteiger partial charge >= 0.3 is 0 Å². The van der Waals surface area contributed by atoms with Crippen molar-refractivity contribution < 1.29 is 14.5 Å². The largest absolute Gasteiger partial charge is 0.326 e. The zero-order valence-electron chi connectivity index (χ0n) is 16.0. The second kappa shape index (κ2) is 9.40. The Morgan fingerprint density at radius 2 is 1.68 bits per heavy atom. The van der Waals surface area contributed by atoms with Crippen molar-refractivity contribution in [2.24, 2.45) is 5.10 Å². The van der Waals surface area contributed by atoms with Gasteiger partial charge in [0.2, 0.25) is 11.8 Å². The maximum atomic E-state index is 12.0. The van der Waals surface area contributed by atoms with E-state index >= 15 is 0 Å². The van der Waals surface area contributed by atoms with Gasteiger partial charge in [0.15, 0.2) is 0 Å². The number of carbonyl (C=O) groups is 2. The third-order valence-corrected chi connectivity index (χ3v) is 4.08. The number of rotatable bonds is 7. The molecule has 0 aliphatic heterocycles. The van der Waals surface area contributed by atoms with E-state index in [0.717, 1.165) is 16.8 Å². The Labute approximate surface area is 162 Å². The quantitative estimate of drug-likeness (QED) is 0.433. The Morgan fingerprint density at radius 3 is 2.29 bits per heavy atom. The van der Waals surface area contributed by atoms with Gasteiger partial charge in [-0.1, -0.05) is 17.7 Å². The zero-order chi connectivity index (χ0) is 20.7. The predicted octanol–water partition coefficient (Wildman–Crippen LogP) is 3.47. The van der Waals surface area contributed by atoms with Crippen LogP contribution in [-0.2, 0) is 9.59 Å². The molecule has 8 heteroatoms. The summed E-state index contributed by atoms with van der Waals surface area (Å²) in [4.78, 5) is 34.1. The van der Waals surface area contributed by atoms with Crippen molar-refractivity contribution in [3.05, 3.63) is 69.3 Å². The van der Waals surface area contributed by atoms with E-state index in [1.165, 1.54) is 12.1 Å². The van der Waals surface area contributed by atoms with Gasteiger partial charge in [-0.25, -0.2) is 5.43 Å². The number of anilines is 1. The summed E-state index contributed by atoms with van der Waals surface area (Å²) in [7, 11) is 0. The van der Waals surface area contributed by atoms with Gasteiger partial charge in [-0.2, -0.15) is 5.10 Å². The summed E-state index contributed by atoms with van der Waals surface area (Å²) in [6.07, 6.45) is 0.0268. The Hall–Kier alpha value is -3.55. The summed E-state index contributed by atoms with van der Waals surface area (Å²) < 4.78 is 0. The molecule has 2 aromatic carbocycles. The van der Waals surface area contributed by atoms with Gasteiger partial charge in [-0.3, -0.25) is 19.7 Å². The average molecular weight is 382 g/mol. The molecule has 0 bridgehead atoms. The highest BCUT2D eigenvalue weighted by molar-refractivity contribution is 5.99. The Bertz CT molecular complexity index is 920. The molecule has 0 saturated carbocycles. The molecule has 0 heterocycles. The van der Waals surface area contributed by atoms with Crippen LogP contribution in [0.3, 0.4) is 0 Å². The fourth-order valence-corrected chi connectivity index (χ4v) is 2.48. The Morgan fingerprint density at radius 1 is 1.04 bits per heavy atom. The van der Waals surface area contributed by atoms with E-state index in [9.17, 15) is 19.7 Å². The lowest BCUT2D eigenvalue weighted by Gasteiger charge is -2.09. The highest BCUT2D eigenvalue weighted by atomic mass is 16.6. The minimum atomic E-state index is -0.485. The van der Waals surface area contributed by atoms with E-state index in [1.807, 2.05) is 32.0 Å². The number of non-ortho nitro benzene ring substituents is 1. The normalized spacial score (nSPS) is 11.0. The zero-order valence-corrected chi connectivity index (χ0v) is 16.0. The molecule has 0 radical (unpaired) electrons. The van der Waals surface area contributed by atoms with Crippen molar-refractivity contribution in [3.8, 4) is 0 Å². The molecule has 2 N–H and O–H groups in total. The molecule has 0 fully saturated rings. The fourth-order valence-electron chi connectivity index (χ4n) is 2.48. The van der Waals surface area contributed by atoms with E-state index in [0.29, 0.717) is 11.3 Å². The first-order valence-corrected chi connectivity index (χ1v) is 8.71. The molecule has 0 aromatic heterocycles. The number of hydrazone groups is 1. The van der Waals surface area contributed by atoms with Gasteiger partial charge in [0.1, 0.15) is 0 Å². The van der Waals surface area contributed by atoms with E-state index < -0.39 is 10.8 Å². The van der Waals surface area contributed by atoms with Gasteiger partial charge < -0.3 is 5.32 Å². The van der Waals surface area contributed by atoms with Crippen LogP contribution in [0.2, 0.25) is 0 Å². The van der Waals surface area contributed by atoms with Crippen molar-refractivity contribution in [1.29, 1.82) is 0 Å². The number of benzene rings is 2. The molecule has 0 saturated heterocycles. The molecule has 146 valence electrons. The number of nitrogens with zero attached hydrogens (tertiary/aromatic N) is 2. The standard InChI is InChI=1S/C20H22N4O4/c1-13-4-9-18(14(2)12-13)21-19(25)10-11-20(26)23-22-15(3)16-5-7-17(8-6-16)24(27)28/h4-9,12H,10-11H2,1-3H3,(H,21,25)(H,23,26). The third kappa shape index (κ3) is 6.01. The maximum absolute atomic E-state index is 12.0. The van der Waals surface area contributed by atoms with Crippen molar-refractivity contribution in [3.63, 3.8) is 0 Å². The summed E-state index contributed by atoms with van der Waals surface area (Å²) in [6, 6.07) is 11.6. The van der Waals surface area contributed by atoms with Gasteiger partial charge in [-0.05, 0) is 50.1 Å². The molecule has 2 amide bonds. The summed E-state index contributed by atoms with van der Waals surface area (Å²) in [5, 5.41) is 17.4. The van der Waals surface area contributed by atoms with Crippen LogP contribution < -0.4 is 10.7 Å². The molecule has 28 heavy (non-hydrogen) atoms. The fraction of sp³-hybridized carbons (Fsp3) is 0.250. The number of nitrogens with one attached hydrogen (secondary N) is 2. The third-order valence-electron chi connectivity index (χ3n) is 4.08. The molecule has 2 aromatic rings. The second-order valence-corrected chi connectivity index (χ2v) is 6.40. The Balaban J connectivity index is 1.83. The van der Waals surface area contributed by atoms with Gasteiger partial charge in [-0.15, -0.1) is 0 Å². The van der Waals surface area contributed by atoms with Crippen LogP contribution in [0.5, 0.6) is 0 Å². The predicted molar refractivity (Wildman–Crippen MR) is 107 cm³/mol. The van der Waals surface area contributed by atoms with Crippen molar-refractivity contribution in [2.75, 3.05) is 5.32 Å². The van der Waals surface area contributed by atoms with E-state index in [-0.39, 0.29) is 24.4 Å². The van der Waals surface area contributed by atoms with Crippen molar-refractivity contribution >= 4 is 28.9 Å². The smallest absolute Gasteiger partial charge is 0.269 e. The molecule has 0 spiro atoms. The molecule has 0 aliphatic carbocycles. The van der Waals surface area contributed by atoms with E-state index in [4.69, 9.17) is 0 Å². The number of nitro benzene ring substituents is 1. The van der Waals surface area contributed by atoms with E-state index in [1.54, 1.807) is 19.1 Å². The summed E-state index contributed by atoms with van der Waals surface area (Å²) in [6.45, 7) is 5.56. The SMILES string of the molecule is CC(=NNC(=O)CCC(=O)Nc1ccc(C)cc1C)c1ccc([N+](=O)[O-])cc1. The number of amides is 2. The van der Waals surface area contributed by atoms with Crippen LogP contribution in [0, 0.1) is 24.0 Å². The molecule has 0 unspecified atom stereocenters.